The van der Waals surface area contributed by atoms with E-state index in [4.69, 9.17) is 4.74 Å². The summed E-state index contributed by atoms with van der Waals surface area (Å²) in [5.74, 6) is -1.32. The van der Waals surface area contributed by atoms with Crippen molar-refractivity contribution in [2.24, 2.45) is 5.92 Å². The molecule has 1 aromatic carbocycles. The summed E-state index contributed by atoms with van der Waals surface area (Å²) >= 11 is 0. The monoisotopic (exact) mass is 432 g/mol. The van der Waals surface area contributed by atoms with E-state index < -0.39 is 12.0 Å². The van der Waals surface area contributed by atoms with E-state index in [1.54, 1.807) is 43.0 Å². The van der Waals surface area contributed by atoms with Gasteiger partial charge in [-0.15, -0.1) is 0 Å². The minimum atomic E-state index is -0.745. The first-order chi connectivity index (χ1) is 14.8. The van der Waals surface area contributed by atoms with Crippen molar-refractivity contribution in [3.05, 3.63) is 24.3 Å². The van der Waals surface area contributed by atoms with Crippen molar-refractivity contribution in [3.8, 4) is 0 Å². The molecule has 3 N–H and O–H groups in total. The average Bonchev–Trinajstić information content (AvgIpc) is 2.71. The highest BCUT2D eigenvalue weighted by Gasteiger charge is 2.33. The summed E-state index contributed by atoms with van der Waals surface area (Å²) in [6.07, 6.45) is 1.58. The Labute approximate surface area is 182 Å². The normalized spacial score (nSPS) is 16.5. The standard InChI is InChI=1S/C22H32N4O5/c1-4-5-11-31-20(28)13-18-22(30)23-9-10-26(18)14-19(27)24-16-7-6-8-17(12-16)25-21(29)15(2)3/h6-8,12,15,18H,4-5,9-11,13-14H2,1-3H3,(H,23,30)(H,24,27)(H,25,29). The molecule has 0 saturated carbocycles. The minimum absolute atomic E-state index is 0.0388. The van der Waals surface area contributed by atoms with Gasteiger partial charge in [-0.05, 0) is 24.6 Å². The molecule has 3 amide bonds. The number of nitrogens with zero attached hydrogens (tertiary/aromatic N) is 1. The zero-order chi connectivity index (χ0) is 22.8. The van der Waals surface area contributed by atoms with Crippen molar-refractivity contribution in [2.45, 2.75) is 46.1 Å². The first-order valence-corrected chi connectivity index (χ1v) is 10.7. The number of ether oxygens (including phenoxy) is 1. The summed E-state index contributed by atoms with van der Waals surface area (Å²) in [6.45, 7) is 6.74. The van der Waals surface area contributed by atoms with E-state index in [1.807, 2.05) is 6.92 Å². The Kier molecular flexibility index (Phi) is 9.45. The van der Waals surface area contributed by atoms with Crippen LogP contribution in [0.2, 0.25) is 0 Å². The smallest absolute Gasteiger partial charge is 0.307 e. The molecule has 1 atom stereocenters. The number of esters is 1. The van der Waals surface area contributed by atoms with Crippen LogP contribution in [0.5, 0.6) is 0 Å². The Morgan fingerprint density at radius 2 is 1.94 bits per heavy atom. The lowest BCUT2D eigenvalue weighted by Crippen LogP contribution is -2.57. The van der Waals surface area contributed by atoms with Gasteiger partial charge in [0, 0.05) is 30.4 Å². The summed E-state index contributed by atoms with van der Waals surface area (Å²) in [5, 5.41) is 8.30. The van der Waals surface area contributed by atoms with Crippen molar-refractivity contribution in [1.82, 2.24) is 10.2 Å². The van der Waals surface area contributed by atoms with Gasteiger partial charge in [-0.2, -0.15) is 0 Å². The number of carbonyl (C=O) groups is 4. The van der Waals surface area contributed by atoms with Gasteiger partial charge in [-0.1, -0.05) is 33.3 Å². The van der Waals surface area contributed by atoms with Crippen LogP contribution in [0.25, 0.3) is 0 Å². The fraction of sp³-hybridized carbons (Fsp3) is 0.545. The zero-order valence-electron chi connectivity index (χ0n) is 18.4. The first-order valence-electron chi connectivity index (χ1n) is 10.7. The molecule has 170 valence electrons. The van der Waals surface area contributed by atoms with Crippen LogP contribution in [0.15, 0.2) is 24.3 Å². The number of hydrogen-bond acceptors (Lipinski definition) is 6. The molecule has 2 rings (SSSR count). The van der Waals surface area contributed by atoms with Crippen LogP contribution in [-0.2, 0) is 23.9 Å². The molecule has 1 aromatic rings. The number of rotatable bonds is 10. The van der Waals surface area contributed by atoms with Crippen molar-refractivity contribution in [3.63, 3.8) is 0 Å². The third-order valence-electron chi connectivity index (χ3n) is 4.85. The molecule has 0 bridgehead atoms. The summed E-state index contributed by atoms with van der Waals surface area (Å²) in [4.78, 5) is 50.5. The second-order valence-corrected chi connectivity index (χ2v) is 7.83. The number of hydrogen-bond donors (Lipinski definition) is 3. The van der Waals surface area contributed by atoms with Crippen molar-refractivity contribution >= 4 is 35.1 Å². The Balaban J connectivity index is 1.95. The summed E-state index contributed by atoms with van der Waals surface area (Å²) < 4.78 is 5.16. The average molecular weight is 433 g/mol. The van der Waals surface area contributed by atoms with Gasteiger partial charge in [-0.3, -0.25) is 24.1 Å². The fourth-order valence-electron chi connectivity index (χ4n) is 3.07. The number of carbonyl (C=O) groups excluding carboxylic acids is 4. The van der Waals surface area contributed by atoms with Crippen LogP contribution in [0, 0.1) is 5.92 Å². The van der Waals surface area contributed by atoms with Crippen LogP contribution in [0.4, 0.5) is 11.4 Å². The van der Waals surface area contributed by atoms with Crippen molar-refractivity contribution in [2.75, 3.05) is 36.9 Å². The molecule has 1 fully saturated rings. The second-order valence-electron chi connectivity index (χ2n) is 7.83. The summed E-state index contributed by atoms with van der Waals surface area (Å²) in [5.41, 5.74) is 1.12. The molecule has 1 saturated heterocycles. The molecule has 0 aromatic heterocycles. The van der Waals surface area contributed by atoms with Crippen LogP contribution in [0.1, 0.15) is 40.0 Å². The molecule has 1 aliphatic rings. The number of unbranched alkanes of at least 4 members (excludes halogenated alkanes) is 1. The number of nitrogens with one attached hydrogen (secondary N) is 3. The largest absolute Gasteiger partial charge is 0.466 e. The quantitative estimate of drug-likeness (QED) is 0.383. The van der Waals surface area contributed by atoms with Gasteiger partial charge in [0.05, 0.1) is 19.6 Å². The maximum Gasteiger partial charge on any atom is 0.307 e. The number of amides is 3. The van der Waals surface area contributed by atoms with Crippen LogP contribution < -0.4 is 16.0 Å². The molecule has 1 unspecified atom stereocenters. The highest BCUT2D eigenvalue weighted by atomic mass is 16.5. The van der Waals surface area contributed by atoms with Crippen molar-refractivity contribution < 1.29 is 23.9 Å². The molecule has 0 spiro atoms. The topological polar surface area (TPSA) is 117 Å². The number of anilines is 2. The predicted molar refractivity (Wildman–Crippen MR) is 117 cm³/mol. The van der Waals surface area contributed by atoms with E-state index in [2.05, 4.69) is 16.0 Å². The molecule has 0 radical (unpaired) electrons. The van der Waals surface area contributed by atoms with E-state index >= 15 is 0 Å². The van der Waals surface area contributed by atoms with Gasteiger partial charge in [0.25, 0.3) is 0 Å². The van der Waals surface area contributed by atoms with E-state index in [-0.39, 0.29) is 36.6 Å². The van der Waals surface area contributed by atoms with E-state index in [0.717, 1.165) is 12.8 Å². The third kappa shape index (κ3) is 8.01. The maximum atomic E-state index is 12.6. The highest BCUT2D eigenvalue weighted by Crippen LogP contribution is 2.17. The minimum Gasteiger partial charge on any atom is -0.466 e. The highest BCUT2D eigenvalue weighted by molar-refractivity contribution is 5.96. The van der Waals surface area contributed by atoms with E-state index in [9.17, 15) is 19.2 Å². The molecule has 9 nitrogen and oxygen atoms in total. The Hall–Kier alpha value is -2.94. The molecule has 1 heterocycles. The van der Waals surface area contributed by atoms with Gasteiger partial charge >= 0.3 is 5.97 Å². The number of benzene rings is 1. The Morgan fingerprint density at radius 1 is 1.23 bits per heavy atom. The van der Waals surface area contributed by atoms with Crippen molar-refractivity contribution in [1.29, 1.82) is 0 Å². The van der Waals surface area contributed by atoms with Gasteiger partial charge < -0.3 is 20.7 Å². The summed E-state index contributed by atoms with van der Waals surface area (Å²) in [7, 11) is 0. The fourth-order valence-corrected chi connectivity index (χ4v) is 3.07. The molecule has 1 aliphatic heterocycles. The molecule has 0 aliphatic carbocycles. The lowest BCUT2D eigenvalue weighted by molar-refractivity contribution is -0.149. The second kappa shape index (κ2) is 12.0. The van der Waals surface area contributed by atoms with Crippen LogP contribution in [0.3, 0.4) is 0 Å². The lowest BCUT2D eigenvalue weighted by Gasteiger charge is -2.33. The molecule has 9 heteroatoms. The maximum absolute atomic E-state index is 12.6. The van der Waals surface area contributed by atoms with Gasteiger partial charge in [0.2, 0.25) is 17.7 Å². The lowest BCUT2D eigenvalue weighted by atomic mass is 10.1. The first kappa shape index (κ1) is 24.3. The SMILES string of the molecule is CCCCOC(=O)CC1C(=O)NCCN1CC(=O)Nc1cccc(NC(=O)C(C)C)c1. The Bertz CT molecular complexity index is 796. The molecule has 31 heavy (non-hydrogen) atoms. The predicted octanol–water partition coefficient (Wildman–Crippen LogP) is 1.75. The zero-order valence-corrected chi connectivity index (χ0v) is 18.4. The number of piperazine rings is 1. The van der Waals surface area contributed by atoms with E-state index in [1.165, 1.54) is 0 Å². The van der Waals surface area contributed by atoms with Crippen LogP contribution >= 0.6 is 0 Å². The third-order valence-corrected chi connectivity index (χ3v) is 4.85. The van der Waals surface area contributed by atoms with Gasteiger partial charge in [0.15, 0.2) is 0 Å². The van der Waals surface area contributed by atoms with E-state index in [0.29, 0.717) is 31.1 Å². The van der Waals surface area contributed by atoms with Crippen LogP contribution in [-0.4, -0.2) is 60.9 Å². The Morgan fingerprint density at radius 3 is 2.61 bits per heavy atom. The molecular formula is C22H32N4O5. The summed E-state index contributed by atoms with van der Waals surface area (Å²) in [6, 6.07) is 6.11. The van der Waals surface area contributed by atoms with Gasteiger partial charge in [0.1, 0.15) is 6.04 Å². The molecular weight excluding hydrogens is 400 g/mol. The van der Waals surface area contributed by atoms with Gasteiger partial charge in [-0.25, -0.2) is 0 Å².